The summed E-state index contributed by atoms with van der Waals surface area (Å²) in [6.45, 7) is 2.90. The van der Waals surface area contributed by atoms with Crippen molar-refractivity contribution in [1.82, 2.24) is 0 Å². The van der Waals surface area contributed by atoms with Crippen LogP contribution in [0.5, 0.6) is 5.75 Å². The Morgan fingerprint density at radius 2 is 2.21 bits per heavy atom. The average molecular weight is 282 g/mol. The molecular formula is C15H20ClNO2. The molecule has 0 saturated heterocycles. The number of hydrogen-bond acceptors (Lipinski definition) is 3. The highest BCUT2D eigenvalue weighted by Gasteiger charge is 2.21. The zero-order chi connectivity index (χ0) is 13.8. The van der Waals surface area contributed by atoms with Crippen molar-refractivity contribution in [3.05, 3.63) is 28.3 Å². The Bertz CT molecular complexity index is 469. The lowest BCUT2D eigenvalue weighted by Gasteiger charge is -2.26. The fourth-order valence-electron chi connectivity index (χ4n) is 2.21. The molecule has 1 aromatic carbocycles. The van der Waals surface area contributed by atoms with Gasteiger partial charge in [0.15, 0.2) is 5.78 Å². The van der Waals surface area contributed by atoms with Crippen LogP contribution in [0.2, 0.25) is 5.02 Å². The lowest BCUT2D eigenvalue weighted by atomic mass is 9.86. The molecule has 104 valence electrons. The molecule has 0 bridgehead atoms. The third kappa shape index (κ3) is 3.48. The molecule has 1 aliphatic rings. The van der Waals surface area contributed by atoms with Gasteiger partial charge in [0.05, 0.1) is 17.2 Å². The first-order valence-electron chi connectivity index (χ1n) is 6.78. The van der Waals surface area contributed by atoms with Crippen LogP contribution >= 0.6 is 11.6 Å². The molecular weight excluding hydrogens is 262 g/mol. The molecule has 0 radical (unpaired) electrons. The predicted molar refractivity (Wildman–Crippen MR) is 77.0 cm³/mol. The summed E-state index contributed by atoms with van der Waals surface area (Å²) in [5.41, 5.74) is 6.98. The summed E-state index contributed by atoms with van der Waals surface area (Å²) in [5.74, 6) is 1.13. The van der Waals surface area contributed by atoms with Crippen molar-refractivity contribution in [3.8, 4) is 5.75 Å². The van der Waals surface area contributed by atoms with Gasteiger partial charge in [0, 0.05) is 6.42 Å². The summed E-state index contributed by atoms with van der Waals surface area (Å²) in [5, 5.41) is 0.514. The number of ketones is 1. The molecule has 0 amide bonds. The monoisotopic (exact) mass is 281 g/mol. The Kier molecular flexibility index (Phi) is 4.83. The minimum absolute atomic E-state index is 0.00305. The van der Waals surface area contributed by atoms with E-state index in [0.29, 0.717) is 41.8 Å². The molecule has 0 aliphatic heterocycles. The van der Waals surface area contributed by atoms with E-state index in [0.717, 1.165) is 5.56 Å². The standard InChI is InChI=1S/C15H20ClNO2/c1-10-7-12(14(18)5-6-17)15(13(16)8-10)19-9-11-3-2-4-11/h7-8,11H,2-6,9,17H2,1H3. The molecule has 1 aliphatic carbocycles. The minimum atomic E-state index is -0.00305. The molecule has 3 nitrogen and oxygen atoms in total. The van der Waals surface area contributed by atoms with Crippen LogP contribution in [0.15, 0.2) is 12.1 Å². The van der Waals surface area contributed by atoms with Gasteiger partial charge >= 0.3 is 0 Å². The van der Waals surface area contributed by atoms with E-state index in [9.17, 15) is 4.79 Å². The van der Waals surface area contributed by atoms with Gasteiger partial charge in [0.1, 0.15) is 5.75 Å². The highest BCUT2D eigenvalue weighted by molar-refractivity contribution is 6.32. The topological polar surface area (TPSA) is 52.3 Å². The van der Waals surface area contributed by atoms with E-state index in [1.165, 1.54) is 19.3 Å². The van der Waals surface area contributed by atoms with E-state index in [1.807, 2.05) is 19.1 Å². The van der Waals surface area contributed by atoms with Crippen molar-refractivity contribution < 1.29 is 9.53 Å². The van der Waals surface area contributed by atoms with Crippen molar-refractivity contribution in [1.29, 1.82) is 0 Å². The number of carbonyl (C=O) groups is 1. The van der Waals surface area contributed by atoms with E-state index < -0.39 is 0 Å². The minimum Gasteiger partial charge on any atom is -0.491 e. The fraction of sp³-hybridized carbons (Fsp3) is 0.533. The van der Waals surface area contributed by atoms with E-state index in [4.69, 9.17) is 22.1 Å². The highest BCUT2D eigenvalue weighted by atomic mass is 35.5. The number of benzene rings is 1. The zero-order valence-electron chi connectivity index (χ0n) is 11.2. The van der Waals surface area contributed by atoms with Crippen LogP contribution in [-0.2, 0) is 0 Å². The van der Waals surface area contributed by atoms with Crippen LogP contribution in [0.25, 0.3) is 0 Å². The normalized spacial score (nSPS) is 15.1. The molecule has 1 aromatic rings. The van der Waals surface area contributed by atoms with Gasteiger partial charge in [0.25, 0.3) is 0 Å². The first-order valence-corrected chi connectivity index (χ1v) is 7.16. The number of halogens is 1. The van der Waals surface area contributed by atoms with Gasteiger partial charge < -0.3 is 10.5 Å². The molecule has 1 saturated carbocycles. The maximum absolute atomic E-state index is 12.1. The molecule has 2 N–H and O–H groups in total. The number of Topliss-reactive ketones (excluding diaryl/α,β-unsaturated/α-hetero) is 1. The highest BCUT2D eigenvalue weighted by Crippen LogP contribution is 2.33. The quantitative estimate of drug-likeness (QED) is 0.814. The lowest BCUT2D eigenvalue weighted by molar-refractivity contribution is 0.0978. The molecule has 0 spiro atoms. The summed E-state index contributed by atoms with van der Waals surface area (Å²) in [7, 11) is 0. The second kappa shape index (κ2) is 6.40. The Hall–Kier alpha value is -1.06. The lowest BCUT2D eigenvalue weighted by Crippen LogP contribution is -2.20. The number of ether oxygens (including phenoxy) is 1. The van der Waals surface area contributed by atoms with Crippen molar-refractivity contribution >= 4 is 17.4 Å². The Balaban J connectivity index is 2.19. The van der Waals surface area contributed by atoms with Crippen LogP contribution in [0.4, 0.5) is 0 Å². The molecule has 0 aromatic heterocycles. The number of rotatable bonds is 6. The molecule has 19 heavy (non-hydrogen) atoms. The molecule has 1 fully saturated rings. The van der Waals surface area contributed by atoms with Gasteiger partial charge in [-0.2, -0.15) is 0 Å². The van der Waals surface area contributed by atoms with Gasteiger partial charge in [-0.15, -0.1) is 0 Å². The molecule has 0 heterocycles. The van der Waals surface area contributed by atoms with Gasteiger partial charge in [0.2, 0.25) is 0 Å². The third-order valence-electron chi connectivity index (χ3n) is 3.55. The van der Waals surface area contributed by atoms with Crippen molar-refractivity contribution in [2.45, 2.75) is 32.6 Å². The maximum Gasteiger partial charge on any atom is 0.167 e. The Labute approximate surface area is 119 Å². The fourth-order valence-corrected chi connectivity index (χ4v) is 2.54. The Morgan fingerprint density at radius 1 is 1.47 bits per heavy atom. The van der Waals surface area contributed by atoms with Crippen LogP contribution in [0.3, 0.4) is 0 Å². The SMILES string of the molecule is Cc1cc(Cl)c(OCC2CCC2)c(C(=O)CCN)c1. The summed E-state index contributed by atoms with van der Waals surface area (Å²) in [6.07, 6.45) is 4.00. The zero-order valence-corrected chi connectivity index (χ0v) is 12.0. The summed E-state index contributed by atoms with van der Waals surface area (Å²) in [4.78, 5) is 12.1. The number of nitrogens with two attached hydrogens (primary N) is 1. The first kappa shape index (κ1) is 14.4. The van der Waals surface area contributed by atoms with Gasteiger partial charge in [-0.25, -0.2) is 0 Å². The first-order chi connectivity index (χ1) is 9.11. The van der Waals surface area contributed by atoms with Gasteiger partial charge in [-0.3, -0.25) is 4.79 Å². The third-order valence-corrected chi connectivity index (χ3v) is 3.83. The van der Waals surface area contributed by atoms with E-state index in [2.05, 4.69) is 0 Å². The van der Waals surface area contributed by atoms with Crippen LogP contribution in [-0.4, -0.2) is 18.9 Å². The van der Waals surface area contributed by atoms with E-state index in [-0.39, 0.29) is 5.78 Å². The average Bonchev–Trinajstić information content (AvgIpc) is 2.29. The number of aryl methyl sites for hydroxylation is 1. The van der Waals surface area contributed by atoms with Crippen molar-refractivity contribution in [2.24, 2.45) is 11.7 Å². The van der Waals surface area contributed by atoms with Gasteiger partial charge in [-0.1, -0.05) is 18.0 Å². The van der Waals surface area contributed by atoms with Crippen LogP contribution in [0.1, 0.15) is 41.6 Å². The van der Waals surface area contributed by atoms with E-state index >= 15 is 0 Å². The number of carbonyl (C=O) groups excluding carboxylic acids is 1. The van der Waals surface area contributed by atoms with E-state index in [1.54, 1.807) is 0 Å². The summed E-state index contributed by atoms with van der Waals surface area (Å²) >= 11 is 6.22. The van der Waals surface area contributed by atoms with Crippen LogP contribution in [0, 0.1) is 12.8 Å². The van der Waals surface area contributed by atoms with Crippen molar-refractivity contribution in [2.75, 3.05) is 13.2 Å². The molecule has 0 atom stereocenters. The Morgan fingerprint density at radius 3 is 2.79 bits per heavy atom. The molecule has 0 unspecified atom stereocenters. The van der Waals surface area contributed by atoms with Crippen molar-refractivity contribution in [3.63, 3.8) is 0 Å². The molecule has 4 heteroatoms. The second-order valence-electron chi connectivity index (χ2n) is 5.19. The van der Waals surface area contributed by atoms with Gasteiger partial charge in [-0.05, 0) is 49.9 Å². The predicted octanol–water partition coefficient (Wildman–Crippen LogP) is 3.36. The number of hydrogen-bond donors (Lipinski definition) is 1. The van der Waals surface area contributed by atoms with Crippen LogP contribution < -0.4 is 10.5 Å². The largest absolute Gasteiger partial charge is 0.491 e. The molecule has 2 rings (SSSR count). The summed E-state index contributed by atoms with van der Waals surface area (Å²) in [6, 6.07) is 3.66. The maximum atomic E-state index is 12.1. The second-order valence-corrected chi connectivity index (χ2v) is 5.60. The summed E-state index contributed by atoms with van der Waals surface area (Å²) < 4.78 is 5.80. The smallest absolute Gasteiger partial charge is 0.167 e.